The first-order chi connectivity index (χ1) is 9.00. The number of carbonyl (C=O) groups excluding carboxylic acids is 1. The highest BCUT2D eigenvalue weighted by Crippen LogP contribution is 2.15. The molecule has 0 heterocycles. The molecule has 3 N–H and O–H groups in total. The molecular weight excluding hydrogens is 264 g/mol. The van der Waals surface area contributed by atoms with Gasteiger partial charge in [0.2, 0.25) is 0 Å². The van der Waals surface area contributed by atoms with E-state index in [4.69, 9.17) is 16.7 Å². The first-order valence-electron chi connectivity index (χ1n) is 6.41. The molecule has 2 amide bonds. The zero-order chi connectivity index (χ0) is 14.3. The molecular formula is C14H21ClN2O2. The molecule has 1 atom stereocenters. The van der Waals surface area contributed by atoms with Gasteiger partial charge in [-0.15, -0.1) is 0 Å². The van der Waals surface area contributed by atoms with E-state index >= 15 is 0 Å². The summed E-state index contributed by atoms with van der Waals surface area (Å²) in [6, 6.07) is 7.13. The Morgan fingerprint density at radius 3 is 2.68 bits per heavy atom. The minimum absolute atomic E-state index is 0.0507. The Morgan fingerprint density at radius 1 is 1.42 bits per heavy atom. The predicted molar refractivity (Wildman–Crippen MR) is 77.2 cm³/mol. The normalized spacial score (nSPS) is 13.7. The first-order valence-corrected chi connectivity index (χ1v) is 6.79. The molecule has 1 unspecified atom stereocenters. The van der Waals surface area contributed by atoms with Gasteiger partial charge in [0.05, 0.1) is 0 Å². The monoisotopic (exact) mass is 284 g/mol. The summed E-state index contributed by atoms with van der Waals surface area (Å²) < 4.78 is 0. The number of aliphatic hydroxyl groups excluding tert-OH is 1. The van der Waals surface area contributed by atoms with Crippen LogP contribution in [-0.4, -0.2) is 23.3 Å². The van der Waals surface area contributed by atoms with Gasteiger partial charge >= 0.3 is 6.03 Å². The third-order valence-corrected chi connectivity index (χ3v) is 3.63. The zero-order valence-electron chi connectivity index (χ0n) is 11.4. The fourth-order valence-electron chi connectivity index (χ4n) is 1.71. The van der Waals surface area contributed by atoms with Gasteiger partial charge in [-0.3, -0.25) is 0 Å². The smallest absolute Gasteiger partial charge is 0.315 e. The number of halogens is 1. The molecule has 19 heavy (non-hydrogen) atoms. The van der Waals surface area contributed by atoms with E-state index in [1.165, 1.54) is 0 Å². The van der Waals surface area contributed by atoms with Gasteiger partial charge in [-0.25, -0.2) is 4.79 Å². The number of nitrogens with one attached hydrogen (secondary N) is 2. The van der Waals surface area contributed by atoms with Crippen LogP contribution in [0.5, 0.6) is 0 Å². The molecule has 1 aromatic rings. The summed E-state index contributed by atoms with van der Waals surface area (Å²) in [6.45, 7) is 4.32. The minimum atomic E-state index is -0.390. The maximum atomic E-state index is 11.8. The van der Waals surface area contributed by atoms with Crippen LogP contribution >= 0.6 is 11.6 Å². The van der Waals surface area contributed by atoms with Gasteiger partial charge in [-0.2, -0.15) is 0 Å². The van der Waals surface area contributed by atoms with Crippen molar-refractivity contribution in [3.63, 3.8) is 0 Å². The second-order valence-electron chi connectivity index (χ2n) is 4.79. The molecule has 0 saturated carbocycles. The number of amides is 2. The summed E-state index contributed by atoms with van der Waals surface area (Å²) in [5, 5.41) is 15.3. The fourth-order valence-corrected chi connectivity index (χ4v) is 1.91. The summed E-state index contributed by atoms with van der Waals surface area (Å²) in [5.41, 5.74) is 0.485. The van der Waals surface area contributed by atoms with Crippen molar-refractivity contribution in [1.82, 2.24) is 10.6 Å². The second-order valence-corrected chi connectivity index (χ2v) is 5.19. The molecule has 0 aliphatic rings. The Morgan fingerprint density at radius 2 is 2.11 bits per heavy atom. The first kappa shape index (κ1) is 15.8. The lowest BCUT2D eigenvalue weighted by Gasteiger charge is -2.29. The van der Waals surface area contributed by atoms with Gasteiger partial charge in [0.25, 0.3) is 0 Å². The van der Waals surface area contributed by atoms with E-state index in [1.807, 2.05) is 32.0 Å². The zero-order valence-corrected chi connectivity index (χ0v) is 12.1. The van der Waals surface area contributed by atoms with Crippen molar-refractivity contribution in [1.29, 1.82) is 0 Å². The molecule has 0 bridgehead atoms. The van der Waals surface area contributed by atoms with Crippen molar-refractivity contribution in [3.8, 4) is 0 Å². The topological polar surface area (TPSA) is 61.4 Å². The maximum absolute atomic E-state index is 11.8. The third kappa shape index (κ3) is 5.09. The lowest BCUT2D eigenvalue weighted by atomic mass is 9.95. The van der Waals surface area contributed by atoms with Crippen LogP contribution in [-0.2, 0) is 6.54 Å². The van der Waals surface area contributed by atoms with E-state index in [0.29, 0.717) is 18.0 Å². The van der Waals surface area contributed by atoms with Crippen molar-refractivity contribution in [2.45, 2.75) is 38.8 Å². The van der Waals surface area contributed by atoms with Gasteiger partial charge in [0, 0.05) is 23.7 Å². The average molecular weight is 285 g/mol. The Bertz CT molecular complexity index is 426. The number of urea groups is 1. The van der Waals surface area contributed by atoms with Crippen LogP contribution in [0.3, 0.4) is 0 Å². The Kier molecular flexibility index (Phi) is 6.12. The van der Waals surface area contributed by atoms with Gasteiger partial charge in [0.15, 0.2) is 0 Å². The largest absolute Gasteiger partial charge is 0.396 e. The summed E-state index contributed by atoms with van der Waals surface area (Å²) in [6.07, 6.45) is 1.29. The lowest BCUT2D eigenvalue weighted by Crippen LogP contribution is -2.50. The van der Waals surface area contributed by atoms with Crippen LogP contribution in [0.2, 0.25) is 5.02 Å². The van der Waals surface area contributed by atoms with E-state index in [9.17, 15) is 4.79 Å². The number of carbonyl (C=O) groups is 1. The average Bonchev–Trinajstić information content (AvgIpc) is 2.38. The van der Waals surface area contributed by atoms with Crippen molar-refractivity contribution >= 4 is 17.6 Å². The van der Waals surface area contributed by atoms with E-state index < -0.39 is 0 Å². The van der Waals surface area contributed by atoms with Crippen LogP contribution in [0.25, 0.3) is 0 Å². The van der Waals surface area contributed by atoms with Crippen LogP contribution in [0.15, 0.2) is 24.3 Å². The fraction of sp³-hybridized carbons (Fsp3) is 0.500. The van der Waals surface area contributed by atoms with Crippen LogP contribution in [0.4, 0.5) is 4.79 Å². The number of aliphatic hydroxyl groups is 1. The molecule has 0 spiro atoms. The highest BCUT2D eigenvalue weighted by Gasteiger charge is 2.23. The molecule has 106 valence electrons. The minimum Gasteiger partial charge on any atom is -0.396 e. The van der Waals surface area contributed by atoms with Crippen LogP contribution in [0.1, 0.15) is 32.3 Å². The van der Waals surface area contributed by atoms with Crippen molar-refractivity contribution in [3.05, 3.63) is 34.9 Å². The van der Waals surface area contributed by atoms with Gasteiger partial charge in [-0.05, 0) is 31.4 Å². The molecule has 0 aromatic heterocycles. The maximum Gasteiger partial charge on any atom is 0.315 e. The summed E-state index contributed by atoms with van der Waals surface area (Å²) >= 11 is 6.01. The predicted octanol–water partition coefficient (Wildman–Crippen LogP) is 2.69. The molecule has 0 aliphatic carbocycles. The molecule has 0 radical (unpaired) electrons. The summed E-state index contributed by atoms with van der Waals surface area (Å²) in [5.74, 6) is 0. The molecule has 0 aliphatic heterocycles. The van der Waals surface area contributed by atoms with Gasteiger partial charge in [-0.1, -0.05) is 36.7 Å². The number of rotatable bonds is 6. The standard InChI is InChI=1S/C14H21ClN2O2/c1-3-14(2,8-9-18)17-13(19)16-10-11-6-4-5-7-12(11)15/h4-7,18H,3,8-10H2,1-2H3,(H2,16,17,19). The SMILES string of the molecule is CCC(C)(CCO)NC(=O)NCc1ccccc1Cl. The second kappa shape index (κ2) is 7.36. The molecule has 0 fully saturated rings. The lowest BCUT2D eigenvalue weighted by molar-refractivity contribution is 0.200. The number of benzene rings is 1. The van der Waals surface area contributed by atoms with E-state index in [0.717, 1.165) is 12.0 Å². The Labute approximate surface area is 119 Å². The van der Waals surface area contributed by atoms with Crippen LogP contribution < -0.4 is 10.6 Å². The quantitative estimate of drug-likeness (QED) is 0.752. The third-order valence-electron chi connectivity index (χ3n) is 3.26. The van der Waals surface area contributed by atoms with Gasteiger partial charge < -0.3 is 15.7 Å². The number of hydrogen-bond acceptors (Lipinski definition) is 2. The molecule has 1 rings (SSSR count). The summed E-state index contributed by atoms with van der Waals surface area (Å²) in [4.78, 5) is 11.8. The molecule has 0 saturated heterocycles. The van der Waals surface area contributed by atoms with E-state index in [1.54, 1.807) is 6.07 Å². The van der Waals surface area contributed by atoms with Crippen molar-refractivity contribution < 1.29 is 9.90 Å². The number of hydrogen-bond donors (Lipinski definition) is 3. The van der Waals surface area contributed by atoms with Crippen molar-refractivity contribution in [2.24, 2.45) is 0 Å². The highest BCUT2D eigenvalue weighted by molar-refractivity contribution is 6.31. The van der Waals surface area contributed by atoms with Gasteiger partial charge in [0.1, 0.15) is 0 Å². The Balaban J connectivity index is 2.50. The van der Waals surface area contributed by atoms with Crippen LogP contribution in [0, 0.1) is 0 Å². The Hall–Kier alpha value is -1.26. The molecule has 1 aromatic carbocycles. The van der Waals surface area contributed by atoms with E-state index in [-0.39, 0.29) is 18.2 Å². The highest BCUT2D eigenvalue weighted by atomic mass is 35.5. The molecule has 4 nitrogen and oxygen atoms in total. The van der Waals surface area contributed by atoms with E-state index in [2.05, 4.69) is 10.6 Å². The van der Waals surface area contributed by atoms with Crippen molar-refractivity contribution in [2.75, 3.05) is 6.61 Å². The summed E-state index contributed by atoms with van der Waals surface area (Å²) in [7, 11) is 0. The molecule has 5 heteroatoms.